The van der Waals surface area contributed by atoms with Crippen molar-refractivity contribution in [2.45, 2.75) is 13.5 Å². The van der Waals surface area contributed by atoms with Gasteiger partial charge in [0.25, 0.3) is 5.91 Å². The van der Waals surface area contributed by atoms with E-state index in [1.54, 1.807) is 18.5 Å². The van der Waals surface area contributed by atoms with Crippen LogP contribution in [0.3, 0.4) is 0 Å². The van der Waals surface area contributed by atoms with Crippen LogP contribution in [0.4, 0.5) is 0 Å². The van der Waals surface area contributed by atoms with Crippen LogP contribution >= 0.6 is 27.7 Å². The number of fused-ring (bicyclic) bond motifs is 1. The molecule has 0 atom stereocenters. The number of aryl methyl sites for hydroxylation is 1. The van der Waals surface area contributed by atoms with Gasteiger partial charge in [-0.2, -0.15) is 15.1 Å². The number of aromatic nitrogens is 1. The Kier molecular flexibility index (Phi) is 6.12. The predicted molar refractivity (Wildman–Crippen MR) is 138 cm³/mol. The molecule has 0 saturated heterocycles. The summed E-state index contributed by atoms with van der Waals surface area (Å²) in [5.74, 6) is 0.206. The standard InChI is InChI=1S/C25H18BrN5O2S/c1-15-5-2-3-6-18(15)14-33-21-9-8-16(12-20(21)26)11-19-22(27)31-25(29-23(19)32)34-24(30-31)17-7-4-10-28-13-17/h2-13,27H,14H2,1H3. The minimum absolute atomic E-state index is 0.0163. The number of nitrogens with one attached hydrogen (secondary N) is 1. The third kappa shape index (κ3) is 4.44. The Hall–Kier alpha value is -3.56. The monoisotopic (exact) mass is 531 g/mol. The molecular weight excluding hydrogens is 514 g/mol. The van der Waals surface area contributed by atoms with Gasteiger partial charge >= 0.3 is 0 Å². The second-order valence-corrected chi connectivity index (χ2v) is 9.38. The molecule has 3 aromatic rings. The molecule has 1 aromatic heterocycles. The van der Waals surface area contributed by atoms with E-state index in [-0.39, 0.29) is 11.4 Å². The largest absolute Gasteiger partial charge is 0.488 e. The molecule has 0 spiro atoms. The van der Waals surface area contributed by atoms with E-state index in [1.165, 1.54) is 22.3 Å². The molecule has 168 valence electrons. The number of pyridine rings is 1. The van der Waals surface area contributed by atoms with Crippen molar-refractivity contribution in [1.29, 1.82) is 5.41 Å². The average molecular weight is 532 g/mol. The topological polar surface area (TPSA) is 91.0 Å². The maximum Gasteiger partial charge on any atom is 0.283 e. The Bertz CT molecular complexity index is 1400. The van der Waals surface area contributed by atoms with Crippen LogP contribution in [0.1, 0.15) is 22.3 Å². The first-order chi connectivity index (χ1) is 16.5. The van der Waals surface area contributed by atoms with Crippen LogP contribution in [0.15, 0.2) is 87.1 Å². The molecule has 0 aliphatic carbocycles. The third-order valence-electron chi connectivity index (χ3n) is 5.27. The molecule has 0 bridgehead atoms. The molecule has 2 aliphatic heterocycles. The van der Waals surface area contributed by atoms with E-state index in [1.807, 2.05) is 48.5 Å². The Morgan fingerprint density at radius 3 is 2.79 bits per heavy atom. The van der Waals surface area contributed by atoms with Crippen LogP contribution in [0.25, 0.3) is 6.08 Å². The van der Waals surface area contributed by atoms with E-state index in [9.17, 15) is 4.79 Å². The second kappa shape index (κ2) is 9.36. The van der Waals surface area contributed by atoms with Crippen molar-refractivity contribution in [2.75, 3.05) is 0 Å². The number of halogens is 1. The van der Waals surface area contributed by atoms with Crippen molar-refractivity contribution in [3.05, 3.63) is 99.3 Å². The lowest BCUT2D eigenvalue weighted by Gasteiger charge is -2.20. The predicted octanol–water partition coefficient (Wildman–Crippen LogP) is 5.40. The van der Waals surface area contributed by atoms with Crippen molar-refractivity contribution in [3.8, 4) is 5.75 Å². The molecular formula is C25H18BrN5O2S. The zero-order valence-corrected chi connectivity index (χ0v) is 20.4. The Morgan fingerprint density at radius 2 is 2.03 bits per heavy atom. The van der Waals surface area contributed by atoms with Gasteiger partial charge in [-0.25, -0.2) is 0 Å². The summed E-state index contributed by atoms with van der Waals surface area (Å²) in [7, 11) is 0. The number of amides is 1. The van der Waals surface area contributed by atoms with Gasteiger partial charge in [-0.3, -0.25) is 15.2 Å². The highest BCUT2D eigenvalue weighted by atomic mass is 79.9. The molecule has 2 aromatic carbocycles. The zero-order chi connectivity index (χ0) is 23.7. The van der Waals surface area contributed by atoms with Gasteiger partial charge in [0.05, 0.1) is 10.0 Å². The molecule has 0 radical (unpaired) electrons. The number of thioether (sulfide) groups is 1. The van der Waals surface area contributed by atoms with E-state index in [0.29, 0.717) is 22.6 Å². The molecule has 34 heavy (non-hydrogen) atoms. The van der Waals surface area contributed by atoms with Crippen molar-refractivity contribution in [2.24, 2.45) is 10.1 Å². The number of hydrazone groups is 1. The highest BCUT2D eigenvalue weighted by molar-refractivity contribution is 9.10. The fourth-order valence-corrected chi connectivity index (χ4v) is 4.81. The van der Waals surface area contributed by atoms with Gasteiger partial charge in [-0.05, 0) is 81.6 Å². The lowest BCUT2D eigenvalue weighted by molar-refractivity contribution is -0.114. The molecule has 5 rings (SSSR count). The smallest absolute Gasteiger partial charge is 0.283 e. The first-order valence-corrected chi connectivity index (χ1v) is 12.0. The quantitative estimate of drug-likeness (QED) is 0.445. The minimum atomic E-state index is -0.470. The number of benzene rings is 2. The molecule has 2 aliphatic rings. The lowest BCUT2D eigenvalue weighted by Crippen LogP contribution is -2.35. The Labute approximate surface area is 208 Å². The number of hydrogen-bond acceptors (Lipinski definition) is 6. The van der Waals surface area contributed by atoms with E-state index >= 15 is 0 Å². The molecule has 7 nitrogen and oxygen atoms in total. The molecule has 3 heterocycles. The normalized spacial score (nSPS) is 16.4. The number of rotatable bonds is 5. The summed E-state index contributed by atoms with van der Waals surface area (Å²) in [6.45, 7) is 2.51. The summed E-state index contributed by atoms with van der Waals surface area (Å²) in [6, 6.07) is 17.3. The van der Waals surface area contributed by atoms with Crippen LogP contribution in [0, 0.1) is 12.3 Å². The van der Waals surface area contributed by atoms with Crippen LogP contribution in [0.2, 0.25) is 0 Å². The van der Waals surface area contributed by atoms with E-state index in [4.69, 9.17) is 10.1 Å². The first kappa shape index (κ1) is 22.2. The fourth-order valence-electron chi connectivity index (χ4n) is 3.42. The summed E-state index contributed by atoms with van der Waals surface area (Å²) < 4.78 is 6.72. The number of amidine groups is 2. The van der Waals surface area contributed by atoms with Crippen molar-refractivity contribution in [1.82, 2.24) is 9.99 Å². The molecule has 0 saturated carbocycles. The maximum absolute atomic E-state index is 12.7. The summed E-state index contributed by atoms with van der Waals surface area (Å²) >= 11 is 4.80. The second-order valence-electron chi connectivity index (χ2n) is 7.57. The van der Waals surface area contributed by atoms with Crippen LogP contribution in [-0.4, -0.2) is 31.9 Å². The van der Waals surface area contributed by atoms with Crippen molar-refractivity contribution in [3.63, 3.8) is 0 Å². The molecule has 1 N–H and O–H groups in total. The van der Waals surface area contributed by atoms with Gasteiger partial charge in [-0.1, -0.05) is 30.3 Å². The van der Waals surface area contributed by atoms with E-state index in [0.717, 1.165) is 21.2 Å². The van der Waals surface area contributed by atoms with E-state index in [2.05, 4.69) is 44.0 Å². The minimum Gasteiger partial charge on any atom is -0.488 e. The first-order valence-electron chi connectivity index (χ1n) is 10.4. The fraction of sp³-hybridized carbons (Fsp3) is 0.0800. The molecule has 0 unspecified atom stereocenters. The van der Waals surface area contributed by atoms with Crippen LogP contribution < -0.4 is 4.74 Å². The number of aliphatic imine (C=N–C) groups is 1. The lowest BCUT2D eigenvalue weighted by atomic mass is 10.1. The van der Waals surface area contributed by atoms with Gasteiger partial charge in [0, 0.05) is 18.0 Å². The molecule has 1 amide bonds. The van der Waals surface area contributed by atoms with Crippen LogP contribution in [0.5, 0.6) is 5.75 Å². The molecule has 0 fully saturated rings. The number of nitrogens with zero attached hydrogens (tertiary/aromatic N) is 4. The zero-order valence-electron chi connectivity index (χ0n) is 18.0. The van der Waals surface area contributed by atoms with Crippen molar-refractivity contribution < 1.29 is 9.53 Å². The number of ether oxygens (including phenoxy) is 1. The summed E-state index contributed by atoms with van der Waals surface area (Å²) in [5.41, 5.74) is 4.00. The number of hydrogen-bond donors (Lipinski definition) is 1. The Balaban J connectivity index is 1.36. The van der Waals surface area contributed by atoms with Gasteiger partial charge in [-0.15, -0.1) is 0 Å². The maximum atomic E-state index is 12.7. The van der Waals surface area contributed by atoms with Gasteiger partial charge in [0.1, 0.15) is 17.4 Å². The average Bonchev–Trinajstić information content (AvgIpc) is 3.27. The number of carbonyl (C=O) groups excluding carboxylic acids is 1. The highest BCUT2D eigenvalue weighted by Gasteiger charge is 2.36. The summed E-state index contributed by atoms with van der Waals surface area (Å²) in [5, 5.41) is 15.4. The van der Waals surface area contributed by atoms with Gasteiger partial charge < -0.3 is 4.74 Å². The van der Waals surface area contributed by atoms with Gasteiger partial charge in [0.2, 0.25) is 5.17 Å². The molecule has 9 heteroatoms. The third-order valence-corrected chi connectivity index (χ3v) is 6.85. The van der Waals surface area contributed by atoms with Crippen LogP contribution in [-0.2, 0) is 11.4 Å². The van der Waals surface area contributed by atoms with Gasteiger partial charge in [0.15, 0.2) is 5.84 Å². The summed E-state index contributed by atoms with van der Waals surface area (Å²) in [6.07, 6.45) is 5.01. The van der Waals surface area contributed by atoms with Crippen molar-refractivity contribution >= 4 is 55.7 Å². The Morgan fingerprint density at radius 1 is 1.18 bits per heavy atom. The number of carbonyl (C=O) groups is 1. The highest BCUT2D eigenvalue weighted by Crippen LogP contribution is 2.32. The summed E-state index contributed by atoms with van der Waals surface area (Å²) in [4.78, 5) is 20.9. The SMILES string of the molecule is Cc1ccccc1COc1ccc(C=C2C(=N)N3N=C(c4cccnc4)SC3=NC2=O)cc1Br. The van der Waals surface area contributed by atoms with E-state index < -0.39 is 5.91 Å².